The van der Waals surface area contributed by atoms with Gasteiger partial charge in [0.25, 0.3) is 0 Å². The number of rotatable bonds is 5. The van der Waals surface area contributed by atoms with Gasteiger partial charge in [-0.05, 0) is 5.56 Å². The third-order valence-electron chi connectivity index (χ3n) is 5.25. The van der Waals surface area contributed by atoms with Crippen LogP contribution in [-0.4, -0.2) is 30.5 Å². The van der Waals surface area contributed by atoms with Gasteiger partial charge in [0.15, 0.2) is 0 Å². The molecule has 0 saturated heterocycles. The molecule has 26 heavy (non-hydrogen) atoms. The Morgan fingerprint density at radius 2 is 1.92 bits per heavy atom. The van der Waals surface area contributed by atoms with Crippen LogP contribution in [-0.2, 0) is 33.1 Å². The molecule has 136 valence electrons. The Hall–Kier alpha value is -2.40. The summed E-state index contributed by atoms with van der Waals surface area (Å²) in [6, 6.07) is 10.6. The maximum absolute atomic E-state index is 4.91. The molecule has 0 amide bonds. The van der Waals surface area contributed by atoms with Crippen molar-refractivity contribution in [3.8, 4) is 0 Å². The fraction of sp³-hybridized carbons (Fsp3) is 0.429. The Bertz CT molecular complexity index is 875. The van der Waals surface area contributed by atoms with E-state index in [2.05, 4.69) is 76.4 Å². The summed E-state index contributed by atoms with van der Waals surface area (Å²) < 4.78 is 4.55. The molecule has 0 bridgehead atoms. The van der Waals surface area contributed by atoms with E-state index in [1.807, 2.05) is 6.20 Å². The predicted molar refractivity (Wildman–Crippen MR) is 103 cm³/mol. The second-order valence-electron chi connectivity index (χ2n) is 7.49. The molecule has 3 heterocycles. The Kier molecular flexibility index (Phi) is 4.64. The average molecular weight is 349 g/mol. The highest BCUT2D eigenvalue weighted by atomic mass is 15.2. The van der Waals surface area contributed by atoms with Crippen LogP contribution in [0.4, 0.5) is 0 Å². The van der Waals surface area contributed by atoms with Crippen LogP contribution in [0.1, 0.15) is 48.4 Å². The molecule has 0 atom stereocenters. The first-order valence-corrected chi connectivity index (χ1v) is 9.42. The summed E-state index contributed by atoms with van der Waals surface area (Å²) in [7, 11) is 2.16. The summed E-state index contributed by atoms with van der Waals surface area (Å²) in [5.74, 6) is 2.78. The van der Waals surface area contributed by atoms with Gasteiger partial charge in [0, 0.05) is 57.1 Å². The zero-order valence-electron chi connectivity index (χ0n) is 15.9. The van der Waals surface area contributed by atoms with E-state index in [1.165, 1.54) is 22.8 Å². The lowest BCUT2D eigenvalue weighted by Crippen LogP contribution is -2.31. The van der Waals surface area contributed by atoms with Gasteiger partial charge in [-0.15, -0.1) is 0 Å². The van der Waals surface area contributed by atoms with Crippen LogP contribution in [0.25, 0.3) is 0 Å². The standard InChI is InChI=1S/C21H27N5/c1-16(2)21-23-18-14-25(11-9-19(18)24(21)3)15-20-22-10-12-26(20)13-17-7-5-4-6-8-17/h4-8,10,12,16H,9,11,13-15H2,1-3H3. The lowest BCUT2D eigenvalue weighted by Gasteiger charge is -2.26. The molecule has 0 spiro atoms. The monoisotopic (exact) mass is 349 g/mol. The van der Waals surface area contributed by atoms with Crippen molar-refractivity contribution in [3.05, 3.63) is 71.3 Å². The van der Waals surface area contributed by atoms with E-state index in [4.69, 9.17) is 4.98 Å². The number of nitrogens with zero attached hydrogens (tertiary/aromatic N) is 5. The molecular formula is C21H27N5. The molecule has 3 aromatic rings. The van der Waals surface area contributed by atoms with Gasteiger partial charge in [-0.3, -0.25) is 4.90 Å². The number of aromatic nitrogens is 4. The Morgan fingerprint density at radius 1 is 1.12 bits per heavy atom. The van der Waals surface area contributed by atoms with Crippen LogP contribution in [0.5, 0.6) is 0 Å². The first kappa shape index (κ1) is 17.0. The van der Waals surface area contributed by atoms with Crippen molar-refractivity contribution < 1.29 is 0 Å². The van der Waals surface area contributed by atoms with Crippen LogP contribution < -0.4 is 0 Å². The lowest BCUT2D eigenvalue weighted by molar-refractivity contribution is 0.231. The quantitative estimate of drug-likeness (QED) is 0.709. The van der Waals surface area contributed by atoms with Crippen LogP contribution in [0.15, 0.2) is 42.7 Å². The highest BCUT2D eigenvalue weighted by Gasteiger charge is 2.24. The molecule has 5 nitrogen and oxygen atoms in total. The summed E-state index contributed by atoms with van der Waals surface area (Å²) in [5.41, 5.74) is 3.94. The van der Waals surface area contributed by atoms with Gasteiger partial charge < -0.3 is 9.13 Å². The highest BCUT2D eigenvalue weighted by Crippen LogP contribution is 2.24. The molecule has 1 aliphatic rings. The summed E-state index contributed by atoms with van der Waals surface area (Å²) in [4.78, 5) is 12.0. The van der Waals surface area contributed by atoms with Crippen LogP contribution in [0.3, 0.4) is 0 Å². The Labute approximate surface area is 155 Å². The van der Waals surface area contributed by atoms with E-state index in [0.29, 0.717) is 5.92 Å². The minimum Gasteiger partial charge on any atom is -0.335 e. The van der Waals surface area contributed by atoms with Crippen molar-refractivity contribution in [2.75, 3.05) is 6.54 Å². The summed E-state index contributed by atoms with van der Waals surface area (Å²) in [6.45, 7) is 8.14. The summed E-state index contributed by atoms with van der Waals surface area (Å²) in [6.07, 6.45) is 5.05. The molecule has 0 fully saturated rings. The number of hydrogen-bond acceptors (Lipinski definition) is 3. The molecule has 0 unspecified atom stereocenters. The van der Waals surface area contributed by atoms with Gasteiger partial charge in [-0.2, -0.15) is 0 Å². The van der Waals surface area contributed by atoms with Crippen molar-refractivity contribution in [2.45, 2.75) is 45.8 Å². The second-order valence-corrected chi connectivity index (χ2v) is 7.49. The lowest BCUT2D eigenvalue weighted by atomic mass is 10.1. The molecule has 0 N–H and O–H groups in total. The molecule has 2 aromatic heterocycles. The van der Waals surface area contributed by atoms with E-state index in [-0.39, 0.29) is 0 Å². The molecule has 1 aromatic carbocycles. The van der Waals surface area contributed by atoms with Gasteiger partial charge in [0.1, 0.15) is 11.6 Å². The van der Waals surface area contributed by atoms with Crippen molar-refractivity contribution in [1.29, 1.82) is 0 Å². The third kappa shape index (κ3) is 3.31. The number of imidazole rings is 2. The highest BCUT2D eigenvalue weighted by molar-refractivity contribution is 5.22. The fourth-order valence-electron chi connectivity index (χ4n) is 3.87. The maximum Gasteiger partial charge on any atom is 0.123 e. The topological polar surface area (TPSA) is 38.9 Å². The van der Waals surface area contributed by atoms with Gasteiger partial charge >= 0.3 is 0 Å². The third-order valence-corrected chi connectivity index (χ3v) is 5.25. The number of fused-ring (bicyclic) bond motifs is 1. The minimum absolute atomic E-state index is 0.462. The average Bonchev–Trinajstić information content (AvgIpc) is 3.20. The van der Waals surface area contributed by atoms with Crippen molar-refractivity contribution in [1.82, 2.24) is 24.0 Å². The minimum atomic E-state index is 0.462. The molecule has 4 rings (SSSR count). The van der Waals surface area contributed by atoms with E-state index < -0.39 is 0 Å². The van der Waals surface area contributed by atoms with E-state index in [9.17, 15) is 0 Å². The van der Waals surface area contributed by atoms with Gasteiger partial charge in [0.05, 0.1) is 12.2 Å². The zero-order valence-corrected chi connectivity index (χ0v) is 15.9. The summed E-state index contributed by atoms with van der Waals surface area (Å²) in [5, 5.41) is 0. The van der Waals surface area contributed by atoms with Crippen LogP contribution in [0.2, 0.25) is 0 Å². The van der Waals surface area contributed by atoms with Crippen molar-refractivity contribution in [2.24, 2.45) is 7.05 Å². The SMILES string of the molecule is CC(C)c1nc2c(n1C)CCN(Cc1nccn1Cc1ccccc1)C2. The smallest absolute Gasteiger partial charge is 0.123 e. The number of hydrogen-bond donors (Lipinski definition) is 0. The van der Waals surface area contributed by atoms with Gasteiger partial charge in [-0.1, -0.05) is 44.2 Å². The first-order chi connectivity index (χ1) is 12.6. The van der Waals surface area contributed by atoms with E-state index in [1.54, 1.807) is 0 Å². The van der Waals surface area contributed by atoms with Crippen molar-refractivity contribution >= 4 is 0 Å². The fourth-order valence-corrected chi connectivity index (χ4v) is 3.87. The van der Waals surface area contributed by atoms with E-state index >= 15 is 0 Å². The number of benzene rings is 1. The van der Waals surface area contributed by atoms with Gasteiger partial charge in [-0.25, -0.2) is 9.97 Å². The molecule has 1 aliphatic heterocycles. The van der Waals surface area contributed by atoms with Crippen LogP contribution in [0, 0.1) is 0 Å². The zero-order chi connectivity index (χ0) is 18.1. The first-order valence-electron chi connectivity index (χ1n) is 9.42. The largest absolute Gasteiger partial charge is 0.335 e. The predicted octanol–water partition coefficient (Wildman–Crippen LogP) is 3.35. The molecule has 0 aliphatic carbocycles. The molecule has 0 saturated carbocycles. The Balaban J connectivity index is 1.48. The summed E-state index contributed by atoms with van der Waals surface area (Å²) >= 11 is 0. The molecule has 0 radical (unpaired) electrons. The van der Waals surface area contributed by atoms with Crippen LogP contribution >= 0.6 is 0 Å². The Morgan fingerprint density at radius 3 is 2.69 bits per heavy atom. The van der Waals surface area contributed by atoms with Crippen molar-refractivity contribution in [3.63, 3.8) is 0 Å². The van der Waals surface area contributed by atoms with Gasteiger partial charge in [0.2, 0.25) is 0 Å². The molecular weight excluding hydrogens is 322 g/mol. The second kappa shape index (κ2) is 7.08. The van der Waals surface area contributed by atoms with E-state index in [0.717, 1.165) is 38.4 Å². The normalized spacial score (nSPS) is 14.8. The maximum atomic E-state index is 4.91. The molecule has 5 heteroatoms.